The molecule has 0 saturated carbocycles. The van der Waals surface area contributed by atoms with Gasteiger partial charge >= 0.3 is 6.09 Å². The van der Waals surface area contributed by atoms with Gasteiger partial charge in [0.05, 0.1) is 18.3 Å². The second kappa shape index (κ2) is 10.1. The molecule has 12 heteroatoms. The highest BCUT2D eigenvalue weighted by molar-refractivity contribution is 5.98. The normalized spacial score (nSPS) is 11.9. The third kappa shape index (κ3) is 4.85. The first kappa shape index (κ1) is 24.3. The summed E-state index contributed by atoms with van der Waals surface area (Å²) in [5.74, 6) is -0.723. The molecule has 0 fully saturated rings. The zero-order valence-corrected chi connectivity index (χ0v) is 19.4. The Morgan fingerprint density at radius 1 is 1.26 bits per heavy atom. The first-order valence-electron chi connectivity index (χ1n) is 10.5. The minimum absolute atomic E-state index is 0.115. The van der Waals surface area contributed by atoms with Gasteiger partial charge in [0.1, 0.15) is 17.0 Å². The number of fused-ring (bicyclic) bond motifs is 1. The van der Waals surface area contributed by atoms with Crippen LogP contribution >= 0.6 is 0 Å². The fourth-order valence-corrected chi connectivity index (χ4v) is 3.63. The van der Waals surface area contributed by atoms with Crippen LogP contribution in [0, 0.1) is 6.92 Å². The average Bonchev–Trinajstić information content (AvgIpc) is 3.30. The zero-order chi connectivity index (χ0) is 25.0. The van der Waals surface area contributed by atoms with Crippen molar-refractivity contribution in [2.75, 3.05) is 13.7 Å². The maximum absolute atomic E-state index is 13.1. The van der Waals surface area contributed by atoms with Crippen LogP contribution in [0.15, 0.2) is 35.3 Å². The van der Waals surface area contributed by atoms with E-state index in [4.69, 9.17) is 15.6 Å². The number of hydrogen-bond acceptors (Lipinski definition) is 5. The Bertz CT molecular complexity index is 1360. The lowest BCUT2D eigenvalue weighted by atomic mass is 10.1. The Labute approximate surface area is 194 Å². The molecule has 34 heavy (non-hydrogen) atoms. The number of aromatic nitrogens is 4. The van der Waals surface area contributed by atoms with Gasteiger partial charge in [-0.3, -0.25) is 14.3 Å². The summed E-state index contributed by atoms with van der Waals surface area (Å²) >= 11 is 0. The van der Waals surface area contributed by atoms with Crippen molar-refractivity contribution in [3.8, 4) is 5.75 Å². The van der Waals surface area contributed by atoms with Crippen LogP contribution in [0.3, 0.4) is 0 Å². The minimum atomic E-state index is -1.13. The number of allylic oxidation sites excluding steroid dienone is 1. The molecule has 0 aliphatic rings. The van der Waals surface area contributed by atoms with Gasteiger partial charge in [0.2, 0.25) is 11.5 Å². The van der Waals surface area contributed by atoms with E-state index in [0.29, 0.717) is 40.3 Å². The maximum Gasteiger partial charge on any atom is 0.404 e. The summed E-state index contributed by atoms with van der Waals surface area (Å²) in [5.41, 5.74) is 8.26. The molecule has 0 bridgehead atoms. The number of aryl methyl sites for hydroxylation is 3. The second-order valence-electron chi connectivity index (χ2n) is 7.44. The largest absolute Gasteiger partial charge is 0.494 e. The summed E-state index contributed by atoms with van der Waals surface area (Å²) in [7, 11) is 3.18. The van der Waals surface area contributed by atoms with Crippen LogP contribution in [0.2, 0.25) is 0 Å². The second-order valence-corrected chi connectivity index (χ2v) is 7.44. The number of carbonyl (C=O) groups is 3. The lowest BCUT2D eigenvalue weighted by Gasteiger charge is -2.08. The van der Waals surface area contributed by atoms with E-state index < -0.39 is 17.9 Å². The molecule has 0 saturated heterocycles. The summed E-state index contributed by atoms with van der Waals surface area (Å²) in [4.78, 5) is 40.0. The third-order valence-electron chi connectivity index (χ3n) is 5.18. The summed E-state index contributed by atoms with van der Waals surface area (Å²) in [5, 5.41) is 15.3. The number of amides is 3. The molecule has 0 atom stereocenters. The highest BCUT2D eigenvalue weighted by Gasteiger charge is 2.19. The van der Waals surface area contributed by atoms with E-state index >= 15 is 0 Å². The summed E-state index contributed by atoms with van der Waals surface area (Å²) in [6.07, 6.45) is 2.25. The molecule has 3 aromatic rings. The van der Waals surface area contributed by atoms with Gasteiger partial charge < -0.3 is 30.0 Å². The molecule has 0 spiro atoms. The number of nitrogens with one attached hydrogen (secondary N) is 1. The topological polar surface area (TPSA) is 159 Å². The van der Waals surface area contributed by atoms with Gasteiger partial charge in [-0.15, -0.1) is 0 Å². The first-order chi connectivity index (χ1) is 16.2. The molecule has 0 radical (unpaired) electrons. The van der Waals surface area contributed by atoms with Gasteiger partial charge in [-0.2, -0.15) is 10.1 Å². The number of hydrogen-bond donors (Lipinski definition) is 3. The zero-order valence-electron chi connectivity index (χ0n) is 19.4. The number of imidazole rings is 1. The number of benzene rings is 1. The SMILES string of the molecule is CCn1nc(C)cc1C(=O)/N=c1\n(C)c2cc(C(N)=O)cc(OC)c2n1C/C=C/CNC(=O)O. The number of carbonyl (C=O) groups excluding carboxylic acids is 2. The van der Waals surface area contributed by atoms with E-state index in [9.17, 15) is 14.4 Å². The Balaban J connectivity index is 2.23. The van der Waals surface area contributed by atoms with E-state index in [0.717, 1.165) is 0 Å². The molecular formula is C22H27N7O5. The molecule has 180 valence electrons. The molecular weight excluding hydrogens is 442 g/mol. The lowest BCUT2D eigenvalue weighted by Crippen LogP contribution is -2.26. The van der Waals surface area contributed by atoms with Gasteiger partial charge in [-0.05, 0) is 32.0 Å². The summed E-state index contributed by atoms with van der Waals surface area (Å²) in [6, 6.07) is 4.81. The van der Waals surface area contributed by atoms with Crippen LogP contribution in [-0.4, -0.2) is 55.6 Å². The number of primary amides is 1. The van der Waals surface area contributed by atoms with Crippen molar-refractivity contribution < 1.29 is 24.2 Å². The third-order valence-corrected chi connectivity index (χ3v) is 5.18. The summed E-state index contributed by atoms with van der Waals surface area (Å²) in [6.45, 7) is 4.56. The van der Waals surface area contributed by atoms with Crippen molar-refractivity contribution in [3.05, 3.63) is 52.9 Å². The van der Waals surface area contributed by atoms with E-state index in [1.54, 1.807) is 52.1 Å². The van der Waals surface area contributed by atoms with Crippen LogP contribution in [0.25, 0.3) is 11.0 Å². The molecule has 0 unspecified atom stereocenters. The Morgan fingerprint density at radius 3 is 2.62 bits per heavy atom. The van der Waals surface area contributed by atoms with Crippen LogP contribution in [0.1, 0.15) is 33.5 Å². The Hall–Kier alpha value is -4.35. The molecule has 1 aromatic carbocycles. The molecule has 12 nitrogen and oxygen atoms in total. The molecule has 3 rings (SSSR count). The van der Waals surface area contributed by atoms with Crippen molar-refractivity contribution in [3.63, 3.8) is 0 Å². The van der Waals surface area contributed by atoms with Gasteiger partial charge in [-0.25, -0.2) is 4.79 Å². The van der Waals surface area contributed by atoms with Crippen molar-refractivity contribution in [1.29, 1.82) is 0 Å². The predicted octanol–water partition coefficient (Wildman–Crippen LogP) is 1.18. The molecule has 2 aromatic heterocycles. The molecule has 3 amide bonds. The van der Waals surface area contributed by atoms with Crippen molar-refractivity contribution in [1.82, 2.24) is 24.2 Å². The first-order valence-corrected chi connectivity index (χ1v) is 10.5. The molecule has 4 N–H and O–H groups in total. The van der Waals surface area contributed by atoms with Crippen LogP contribution in [0.4, 0.5) is 4.79 Å². The quantitative estimate of drug-likeness (QED) is 0.420. The number of ether oxygens (including phenoxy) is 1. The molecule has 0 aliphatic heterocycles. The number of nitrogens with two attached hydrogens (primary N) is 1. The Morgan fingerprint density at radius 2 is 2.00 bits per heavy atom. The van der Waals surface area contributed by atoms with Crippen molar-refractivity contribution in [2.24, 2.45) is 17.8 Å². The van der Waals surface area contributed by atoms with Gasteiger partial charge in [0.15, 0.2) is 0 Å². The van der Waals surface area contributed by atoms with Crippen LogP contribution < -0.4 is 21.4 Å². The van der Waals surface area contributed by atoms with Crippen molar-refractivity contribution in [2.45, 2.75) is 26.9 Å². The van der Waals surface area contributed by atoms with Gasteiger partial charge in [0.25, 0.3) is 5.91 Å². The van der Waals surface area contributed by atoms with Crippen LogP contribution in [-0.2, 0) is 20.1 Å². The fourth-order valence-electron chi connectivity index (χ4n) is 3.63. The number of carboxylic acid groups (broad SMARTS) is 1. The van der Waals surface area contributed by atoms with Gasteiger partial charge in [0, 0.05) is 32.2 Å². The van der Waals surface area contributed by atoms with E-state index in [-0.39, 0.29) is 18.7 Å². The maximum atomic E-state index is 13.1. The average molecular weight is 470 g/mol. The van der Waals surface area contributed by atoms with E-state index in [1.165, 1.54) is 13.2 Å². The van der Waals surface area contributed by atoms with Crippen LogP contribution in [0.5, 0.6) is 5.75 Å². The highest BCUT2D eigenvalue weighted by atomic mass is 16.5. The number of methoxy groups -OCH3 is 1. The Kier molecular flexibility index (Phi) is 7.19. The molecule has 0 aliphatic carbocycles. The van der Waals surface area contributed by atoms with E-state index in [1.807, 2.05) is 6.92 Å². The predicted molar refractivity (Wildman–Crippen MR) is 124 cm³/mol. The standard InChI is InChI=1S/C22H27N7O5/c1-5-29-16(10-13(2)26-29)20(31)25-21-27(3)15-11-14(19(23)30)12-17(34-4)18(15)28(21)9-7-6-8-24-22(32)33/h6-7,10-12,24H,5,8-9H2,1-4H3,(H2,23,30)(H,32,33)/b7-6+,25-21+. The number of nitrogens with zero attached hydrogens (tertiary/aromatic N) is 5. The van der Waals surface area contributed by atoms with E-state index in [2.05, 4.69) is 15.4 Å². The number of rotatable bonds is 8. The molecule has 2 heterocycles. The monoisotopic (exact) mass is 469 g/mol. The van der Waals surface area contributed by atoms with Crippen molar-refractivity contribution >= 4 is 28.9 Å². The highest BCUT2D eigenvalue weighted by Crippen LogP contribution is 2.27. The van der Waals surface area contributed by atoms with Gasteiger partial charge in [-0.1, -0.05) is 12.2 Å². The summed E-state index contributed by atoms with van der Waals surface area (Å²) < 4.78 is 10.5. The smallest absolute Gasteiger partial charge is 0.404 e. The lowest BCUT2D eigenvalue weighted by molar-refractivity contribution is 0.0982. The minimum Gasteiger partial charge on any atom is -0.494 e. The fraction of sp³-hybridized carbons (Fsp3) is 0.318.